The number of likely N-dealkylation sites (tertiary alicyclic amines) is 1. The summed E-state index contributed by atoms with van der Waals surface area (Å²) in [6.45, 7) is 5.03. The number of nitrogens with zero attached hydrogens (tertiary/aromatic N) is 1. The summed E-state index contributed by atoms with van der Waals surface area (Å²) in [6, 6.07) is 0.216. The third-order valence-corrected chi connectivity index (χ3v) is 4.73. The molecule has 2 atom stereocenters. The van der Waals surface area contributed by atoms with Crippen LogP contribution in [0.5, 0.6) is 0 Å². The average molecular weight is 251 g/mol. The predicted molar refractivity (Wildman–Crippen MR) is 71.2 cm³/mol. The molecule has 1 aliphatic heterocycles. The molecule has 1 amide bonds. The second-order valence-corrected chi connectivity index (χ2v) is 5.72. The van der Waals surface area contributed by atoms with E-state index in [1.165, 1.54) is 0 Å². The molecule has 102 valence electrons. The van der Waals surface area contributed by atoms with Gasteiger partial charge in [-0.15, -0.1) is 0 Å². The lowest BCUT2D eigenvalue weighted by Gasteiger charge is -2.31. The maximum absolute atomic E-state index is 12.5. The van der Waals surface area contributed by atoms with Crippen molar-refractivity contribution in [3.63, 3.8) is 0 Å². The number of rotatable bonds is 4. The topological polar surface area (TPSA) is 37.4 Å². The minimum Gasteiger partial charge on any atom is -0.339 e. The van der Waals surface area contributed by atoms with Crippen molar-refractivity contribution in [3.8, 4) is 0 Å². The molecule has 1 heterocycles. The molecule has 2 fully saturated rings. The third kappa shape index (κ3) is 2.45. The van der Waals surface area contributed by atoms with E-state index < -0.39 is 0 Å². The average Bonchev–Trinajstić information content (AvgIpc) is 2.98. The lowest BCUT2D eigenvalue weighted by atomic mass is 9.93. The Kier molecular flexibility index (Phi) is 4.41. The summed E-state index contributed by atoms with van der Waals surface area (Å²) in [7, 11) is 0. The summed E-state index contributed by atoms with van der Waals surface area (Å²) >= 11 is 0. The largest absolute Gasteiger partial charge is 0.339 e. The van der Waals surface area contributed by atoms with E-state index in [1.807, 2.05) is 4.90 Å². The summed E-state index contributed by atoms with van der Waals surface area (Å²) in [5, 5.41) is 0. The van der Waals surface area contributed by atoms with Crippen molar-refractivity contribution in [2.24, 2.45) is 11.8 Å². The van der Waals surface area contributed by atoms with Crippen LogP contribution in [0.3, 0.4) is 0 Å². The third-order valence-electron chi connectivity index (χ3n) is 4.73. The van der Waals surface area contributed by atoms with Crippen LogP contribution in [0.15, 0.2) is 0 Å². The molecule has 0 radical (unpaired) electrons. The van der Waals surface area contributed by atoms with Crippen molar-refractivity contribution >= 4 is 11.7 Å². The highest BCUT2D eigenvalue weighted by atomic mass is 16.2. The number of carbonyl (C=O) groups excluding carboxylic acids is 2. The van der Waals surface area contributed by atoms with Crippen LogP contribution in [0.2, 0.25) is 0 Å². The Morgan fingerprint density at radius 2 is 2.00 bits per heavy atom. The maximum Gasteiger partial charge on any atom is 0.225 e. The molecule has 3 heteroatoms. The first-order valence-corrected chi connectivity index (χ1v) is 7.52. The van der Waals surface area contributed by atoms with E-state index in [1.54, 1.807) is 0 Å². The Balaban J connectivity index is 2.07. The van der Waals surface area contributed by atoms with Crippen molar-refractivity contribution in [2.45, 2.75) is 64.8 Å². The van der Waals surface area contributed by atoms with Gasteiger partial charge in [0, 0.05) is 30.8 Å². The molecule has 0 aromatic heterocycles. The van der Waals surface area contributed by atoms with Gasteiger partial charge in [0.05, 0.1) is 0 Å². The summed E-state index contributed by atoms with van der Waals surface area (Å²) in [5.41, 5.74) is 0. The van der Waals surface area contributed by atoms with Crippen molar-refractivity contribution in [2.75, 3.05) is 6.54 Å². The molecule has 0 aromatic carbocycles. The first-order chi connectivity index (χ1) is 8.69. The normalized spacial score (nSPS) is 28.4. The Labute approximate surface area is 110 Å². The summed E-state index contributed by atoms with van der Waals surface area (Å²) in [5.74, 6) is 0.986. The molecule has 0 spiro atoms. The van der Waals surface area contributed by atoms with Gasteiger partial charge in [-0.3, -0.25) is 9.59 Å². The molecule has 1 aliphatic carbocycles. The molecule has 0 bridgehead atoms. The van der Waals surface area contributed by atoms with Crippen molar-refractivity contribution < 1.29 is 9.59 Å². The van der Waals surface area contributed by atoms with Gasteiger partial charge >= 0.3 is 0 Å². The highest BCUT2D eigenvalue weighted by Gasteiger charge is 2.40. The van der Waals surface area contributed by atoms with Gasteiger partial charge in [0.2, 0.25) is 5.91 Å². The van der Waals surface area contributed by atoms with E-state index in [2.05, 4.69) is 13.8 Å². The second kappa shape index (κ2) is 5.85. The van der Waals surface area contributed by atoms with E-state index >= 15 is 0 Å². The number of amides is 1. The van der Waals surface area contributed by atoms with Gasteiger partial charge in [-0.05, 0) is 38.5 Å². The van der Waals surface area contributed by atoms with Crippen LogP contribution in [0.4, 0.5) is 0 Å². The molecule has 2 rings (SSSR count). The van der Waals surface area contributed by atoms with Crippen LogP contribution in [-0.4, -0.2) is 29.2 Å². The molecule has 2 unspecified atom stereocenters. The van der Waals surface area contributed by atoms with Crippen LogP contribution >= 0.6 is 0 Å². The second-order valence-electron chi connectivity index (χ2n) is 5.72. The minimum atomic E-state index is 0.144. The lowest BCUT2D eigenvalue weighted by Crippen LogP contribution is -2.44. The molecule has 0 aromatic rings. The Bertz CT molecular complexity index is 322. The quantitative estimate of drug-likeness (QED) is 0.770. The zero-order chi connectivity index (χ0) is 13.1. The fraction of sp³-hybridized carbons (Fsp3) is 0.867. The summed E-state index contributed by atoms with van der Waals surface area (Å²) < 4.78 is 0. The zero-order valence-corrected chi connectivity index (χ0v) is 11.7. The number of hydrogen-bond donors (Lipinski definition) is 0. The van der Waals surface area contributed by atoms with Crippen LogP contribution in [0.25, 0.3) is 0 Å². The lowest BCUT2D eigenvalue weighted by molar-refractivity contribution is -0.138. The van der Waals surface area contributed by atoms with Crippen LogP contribution < -0.4 is 0 Å². The van der Waals surface area contributed by atoms with Crippen molar-refractivity contribution in [3.05, 3.63) is 0 Å². The minimum absolute atomic E-state index is 0.144. The highest BCUT2D eigenvalue weighted by Crippen LogP contribution is 2.34. The Morgan fingerprint density at radius 1 is 1.28 bits per heavy atom. The number of Topliss-reactive ketones (excluding diaryl/α,β-unsaturated/α-hetero) is 1. The molecule has 1 saturated carbocycles. The van der Waals surface area contributed by atoms with Gasteiger partial charge in [-0.25, -0.2) is 0 Å². The van der Waals surface area contributed by atoms with Gasteiger partial charge in [-0.2, -0.15) is 0 Å². The first-order valence-electron chi connectivity index (χ1n) is 7.52. The zero-order valence-electron chi connectivity index (χ0n) is 11.7. The molecule has 2 aliphatic rings. The van der Waals surface area contributed by atoms with Gasteiger partial charge in [0.15, 0.2) is 0 Å². The van der Waals surface area contributed by atoms with Crippen LogP contribution in [-0.2, 0) is 9.59 Å². The fourth-order valence-electron chi connectivity index (χ4n) is 3.61. The maximum atomic E-state index is 12.5. The molecular weight excluding hydrogens is 226 g/mol. The molecular formula is C15H25NO2. The van der Waals surface area contributed by atoms with E-state index in [4.69, 9.17) is 0 Å². The standard InChI is InChI=1S/C15H25NO2/c1-3-11(4-2)15(18)16-10-6-8-13(16)12-7-5-9-14(12)17/h11-13H,3-10H2,1-2H3. The highest BCUT2D eigenvalue weighted by molar-refractivity contribution is 5.85. The van der Waals surface area contributed by atoms with Crippen LogP contribution in [0.1, 0.15) is 58.8 Å². The van der Waals surface area contributed by atoms with E-state index in [9.17, 15) is 9.59 Å². The van der Waals surface area contributed by atoms with Gasteiger partial charge in [0.1, 0.15) is 5.78 Å². The van der Waals surface area contributed by atoms with Crippen molar-refractivity contribution in [1.29, 1.82) is 0 Å². The monoisotopic (exact) mass is 251 g/mol. The van der Waals surface area contributed by atoms with Gasteiger partial charge < -0.3 is 4.90 Å². The molecule has 3 nitrogen and oxygen atoms in total. The smallest absolute Gasteiger partial charge is 0.225 e. The van der Waals surface area contributed by atoms with Crippen molar-refractivity contribution in [1.82, 2.24) is 4.90 Å². The predicted octanol–water partition coefficient (Wildman–Crippen LogP) is 2.78. The van der Waals surface area contributed by atoms with E-state index in [-0.39, 0.29) is 17.9 Å². The Morgan fingerprint density at radius 3 is 2.56 bits per heavy atom. The molecule has 0 N–H and O–H groups in total. The fourth-order valence-corrected chi connectivity index (χ4v) is 3.61. The molecule has 18 heavy (non-hydrogen) atoms. The van der Waals surface area contributed by atoms with E-state index in [0.717, 1.165) is 51.5 Å². The summed E-state index contributed by atoms with van der Waals surface area (Å²) in [6.07, 6.45) is 6.67. The first kappa shape index (κ1) is 13.6. The van der Waals surface area contributed by atoms with Gasteiger partial charge in [0.25, 0.3) is 0 Å². The van der Waals surface area contributed by atoms with Gasteiger partial charge in [-0.1, -0.05) is 13.8 Å². The molecule has 1 saturated heterocycles. The summed E-state index contributed by atoms with van der Waals surface area (Å²) in [4.78, 5) is 26.4. The Hall–Kier alpha value is -0.860. The van der Waals surface area contributed by atoms with Crippen LogP contribution in [0, 0.1) is 11.8 Å². The SMILES string of the molecule is CCC(CC)C(=O)N1CCCC1C1CCCC1=O. The van der Waals surface area contributed by atoms with E-state index in [0.29, 0.717) is 11.7 Å². The number of carbonyl (C=O) groups is 2. The number of ketones is 1. The number of hydrogen-bond acceptors (Lipinski definition) is 2.